The van der Waals surface area contributed by atoms with Crippen molar-refractivity contribution in [1.29, 1.82) is 0 Å². The highest BCUT2D eigenvalue weighted by Crippen LogP contribution is 2.29. The monoisotopic (exact) mass is 359 g/mol. The minimum Gasteiger partial charge on any atom is -0.494 e. The van der Waals surface area contributed by atoms with E-state index in [-0.39, 0.29) is 16.9 Å². The number of esters is 1. The maximum Gasteiger partial charge on any atom is 0.340 e. The van der Waals surface area contributed by atoms with Gasteiger partial charge in [-0.1, -0.05) is 0 Å². The van der Waals surface area contributed by atoms with Gasteiger partial charge in [-0.2, -0.15) is 0 Å². The number of aryl methyl sites for hydroxylation is 1. The number of anilines is 1. The highest BCUT2D eigenvalue weighted by molar-refractivity contribution is 5.96. The van der Waals surface area contributed by atoms with E-state index in [0.717, 1.165) is 5.69 Å². The number of amides is 1. The lowest BCUT2D eigenvalue weighted by Crippen LogP contribution is -2.21. The maximum absolute atomic E-state index is 11.9. The number of hydrogen-bond donors (Lipinski definition) is 1. The number of nitro groups is 1. The van der Waals surface area contributed by atoms with Crippen molar-refractivity contribution in [2.75, 3.05) is 18.5 Å². The molecule has 2 rings (SSSR count). The number of nitrogens with one attached hydrogen (secondary N) is 1. The molecule has 9 heteroatoms. The van der Waals surface area contributed by atoms with E-state index < -0.39 is 23.4 Å². The Labute approximate surface area is 149 Å². The van der Waals surface area contributed by atoms with Gasteiger partial charge in [0.1, 0.15) is 11.4 Å². The largest absolute Gasteiger partial charge is 0.494 e. The Morgan fingerprint density at radius 2 is 2.04 bits per heavy atom. The summed E-state index contributed by atoms with van der Waals surface area (Å²) in [5, 5.41) is 13.5. The van der Waals surface area contributed by atoms with Crippen LogP contribution in [0.5, 0.6) is 5.75 Å². The van der Waals surface area contributed by atoms with Gasteiger partial charge >= 0.3 is 5.97 Å². The first-order valence-corrected chi connectivity index (χ1v) is 7.71. The van der Waals surface area contributed by atoms with Crippen molar-refractivity contribution in [3.05, 3.63) is 57.9 Å². The van der Waals surface area contributed by atoms with Gasteiger partial charge in [0.2, 0.25) is 0 Å². The molecule has 0 aliphatic rings. The zero-order valence-corrected chi connectivity index (χ0v) is 14.2. The molecule has 1 N–H and O–H groups in total. The molecule has 136 valence electrons. The Morgan fingerprint density at radius 3 is 2.65 bits per heavy atom. The van der Waals surface area contributed by atoms with Gasteiger partial charge in [0, 0.05) is 11.9 Å². The van der Waals surface area contributed by atoms with E-state index in [4.69, 9.17) is 9.47 Å². The van der Waals surface area contributed by atoms with Crippen LogP contribution in [0.3, 0.4) is 0 Å². The molecule has 1 aromatic carbocycles. The molecular formula is C17H17N3O6. The van der Waals surface area contributed by atoms with E-state index >= 15 is 0 Å². The first-order valence-electron chi connectivity index (χ1n) is 7.71. The van der Waals surface area contributed by atoms with E-state index in [9.17, 15) is 19.7 Å². The van der Waals surface area contributed by atoms with Gasteiger partial charge < -0.3 is 14.8 Å². The third-order valence-electron chi connectivity index (χ3n) is 3.23. The highest BCUT2D eigenvalue weighted by atomic mass is 16.6. The summed E-state index contributed by atoms with van der Waals surface area (Å²) < 4.78 is 10.1. The molecule has 0 aliphatic heterocycles. The van der Waals surface area contributed by atoms with Crippen molar-refractivity contribution in [1.82, 2.24) is 4.98 Å². The second kappa shape index (κ2) is 8.56. The zero-order chi connectivity index (χ0) is 19.1. The van der Waals surface area contributed by atoms with Crippen molar-refractivity contribution < 1.29 is 24.0 Å². The lowest BCUT2D eigenvalue weighted by Gasteiger charge is -2.09. The number of nitrogens with zero attached hydrogens (tertiary/aromatic N) is 2. The minimum atomic E-state index is -0.714. The second-order valence-electron chi connectivity index (χ2n) is 5.18. The van der Waals surface area contributed by atoms with Gasteiger partial charge in [0.25, 0.3) is 11.6 Å². The summed E-state index contributed by atoms with van der Waals surface area (Å²) in [7, 11) is 0. The van der Waals surface area contributed by atoms with Crippen LogP contribution in [0, 0.1) is 17.0 Å². The van der Waals surface area contributed by atoms with E-state index in [1.807, 2.05) is 0 Å². The highest BCUT2D eigenvalue weighted by Gasteiger charge is 2.18. The molecule has 0 radical (unpaired) electrons. The van der Waals surface area contributed by atoms with Gasteiger partial charge in [-0.25, -0.2) is 4.79 Å². The van der Waals surface area contributed by atoms with Crippen molar-refractivity contribution in [2.24, 2.45) is 0 Å². The summed E-state index contributed by atoms with van der Waals surface area (Å²) in [6.45, 7) is 3.29. The van der Waals surface area contributed by atoms with Gasteiger partial charge in [-0.05, 0) is 38.1 Å². The summed E-state index contributed by atoms with van der Waals surface area (Å²) >= 11 is 0. The van der Waals surface area contributed by atoms with Gasteiger partial charge in [-0.3, -0.25) is 19.9 Å². The van der Waals surface area contributed by atoms with Crippen LogP contribution in [0.4, 0.5) is 11.4 Å². The molecule has 26 heavy (non-hydrogen) atoms. The summed E-state index contributed by atoms with van der Waals surface area (Å²) in [5.74, 6) is -1.10. The third kappa shape index (κ3) is 5.00. The Morgan fingerprint density at radius 1 is 1.27 bits per heavy atom. The molecule has 1 heterocycles. The number of aromatic nitrogens is 1. The van der Waals surface area contributed by atoms with Crippen LogP contribution in [0.2, 0.25) is 0 Å². The third-order valence-corrected chi connectivity index (χ3v) is 3.23. The van der Waals surface area contributed by atoms with Crippen molar-refractivity contribution in [3.63, 3.8) is 0 Å². The fourth-order valence-corrected chi connectivity index (χ4v) is 2.01. The lowest BCUT2D eigenvalue weighted by molar-refractivity contribution is -0.384. The molecule has 1 amide bonds. The average molecular weight is 359 g/mol. The number of ether oxygens (including phenoxy) is 2. The Hall–Kier alpha value is -3.49. The molecule has 9 nitrogen and oxygen atoms in total. The topological polar surface area (TPSA) is 121 Å². The summed E-state index contributed by atoms with van der Waals surface area (Å²) in [6.07, 6.45) is 1.34. The number of benzene rings is 1. The van der Waals surface area contributed by atoms with Gasteiger partial charge in [0.05, 0.1) is 23.2 Å². The lowest BCUT2D eigenvalue weighted by atomic mass is 10.2. The predicted molar refractivity (Wildman–Crippen MR) is 92.2 cm³/mol. The van der Waals surface area contributed by atoms with Crippen LogP contribution in [0.25, 0.3) is 0 Å². The molecule has 0 saturated heterocycles. The number of carbonyl (C=O) groups excluding carboxylic acids is 2. The van der Waals surface area contributed by atoms with Crippen molar-refractivity contribution in [3.8, 4) is 5.75 Å². The van der Waals surface area contributed by atoms with Crippen LogP contribution in [0.15, 0.2) is 36.5 Å². The fraction of sp³-hybridized carbons (Fsp3) is 0.235. The first-order chi connectivity index (χ1) is 12.4. The van der Waals surface area contributed by atoms with Gasteiger partial charge in [0.15, 0.2) is 6.61 Å². The molecule has 1 aromatic heterocycles. The fourth-order valence-electron chi connectivity index (χ4n) is 2.01. The van der Waals surface area contributed by atoms with Crippen LogP contribution >= 0.6 is 0 Å². The maximum atomic E-state index is 11.9. The quantitative estimate of drug-likeness (QED) is 0.458. The summed E-state index contributed by atoms with van der Waals surface area (Å²) in [6, 6.07) is 7.23. The van der Waals surface area contributed by atoms with E-state index in [0.29, 0.717) is 12.4 Å². The standard InChI is InChI=1S/C17H17N3O6/c1-3-25-13-6-7-14(15(8-13)20(23)24)19-16(21)10-26-17(22)12-5-4-11(2)18-9-12/h4-9H,3,10H2,1-2H3,(H,19,21). The van der Waals surface area contributed by atoms with Crippen LogP contribution < -0.4 is 10.1 Å². The number of pyridine rings is 1. The molecule has 0 atom stereocenters. The minimum absolute atomic E-state index is 0.0171. The van der Waals surface area contributed by atoms with Crippen LogP contribution in [0.1, 0.15) is 23.0 Å². The number of carbonyl (C=O) groups is 2. The van der Waals surface area contributed by atoms with E-state index in [1.165, 1.54) is 30.5 Å². The summed E-state index contributed by atoms with van der Waals surface area (Å²) in [5.41, 5.74) is 0.604. The number of nitro benzene ring substituents is 1. The average Bonchev–Trinajstić information content (AvgIpc) is 2.61. The Kier molecular flexibility index (Phi) is 6.20. The van der Waals surface area contributed by atoms with Gasteiger partial charge in [-0.15, -0.1) is 0 Å². The SMILES string of the molecule is CCOc1ccc(NC(=O)COC(=O)c2ccc(C)nc2)c([N+](=O)[O-])c1. The summed E-state index contributed by atoms with van der Waals surface area (Å²) in [4.78, 5) is 38.2. The first kappa shape index (κ1) is 18.8. The molecule has 0 bridgehead atoms. The molecule has 0 fully saturated rings. The molecular weight excluding hydrogens is 342 g/mol. The van der Waals surface area contributed by atoms with Crippen LogP contribution in [-0.2, 0) is 9.53 Å². The number of rotatable bonds is 7. The molecule has 0 aliphatic carbocycles. The Balaban J connectivity index is 1.99. The van der Waals surface area contributed by atoms with E-state index in [1.54, 1.807) is 19.9 Å². The zero-order valence-electron chi connectivity index (χ0n) is 14.2. The molecule has 0 saturated carbocycles. The Bertz CT molecular complexity index is 820. The molecule has 0 spiro atoms. The second-order valence-corrected chi connectivity index (χ2v) is 5.18. The van der Waals surface area contributed by atoms with E-state index in [2.05, 4.69) is 10.3 Å². The normalized spacial score (nSPS) is 10.1. The number of hydrogen-bond acceptors (Lipinski definition) is 7. The van der Waals surface area contributed by atoms with Crippen molar-refractivity contribution >= 4 is 23.3 Å². The molecule has 2 aromatic rings. The van der Waals surface area contributed by atoms with Crippen LogP contribution in [-0.4, -0.2) is 35.0 Å². The smallest absolute Gasteiger partial charge is 0.340 e. The van der Waals surface area contributed by atoms with Crippen molar-refractivity contribution in [2.45, 2.75) is 13.8 Å². The molecule has 0 unspecified atom stereocenters. The predicted octanol–water partition coefficient (Wildman–Crippen LogP) is 2.49.